The number of carbonyl (C=O) groups is 1. The lowest BCUT2D eigenvalue weighted by Crippen LogP contribution is -2.22. The minimum atomic E-state index is -0.370. The van der Waals surface area contributed by atoms with Crippen molar-refractivity contribution in [3.63, 3.8) is 0 Å². The zero-order valence-electron chi connectivity index (χ0n) is 10.7. The van der Waals surface area contributed by atoms with Crippen LogP contribution in [0.2, 0.25) is 0 Å². The van der Waals surface area contributed by atoms with E-state index >= 15 is 0 Å². The van der Waals surface area contributed by atoms with E-state index in [9.17, 15) is 4.79 Å². The molecule has 0 aliphatic carbocycles. The lowest BCUT2D eigenvalue weighted by atomic mass is 9.89. The van der Waals surface area contributed by atoms with Gasteiger partial charge in [-0.1, -0.05) is 48.5 Å². The normalized spacial score (nSPS) is 12.1. The van der Waals surface area contributed by atoms with Crippen LogP contribution in [0.5, 0.6) is 0 Å². The Labute approximate surface area is 107 Å². The van der Waals surface area contributed by atoms with E-state index in [-0.39, 0.29) is 11.8 Å². The third-order valence-electron chi connectivity index (χ3n) is 3.28. The highest BCUT2D eigenvalue weighted by atomic mass is 16.1. The van der Waals surface area contributed by atoms with Gasteiger partial charge in [-0.3, -0.25) is 4.79 Å². The van der Waals surface area contributed by atoms with E-state index in [1.165, 1.54) is 11.1 Å². The first-order chi connectivity index (χ1) is 8.59. The highest BCUT2D eigenvalue weighted by Crippen LogP contribution is 2.25. The molecule has 2 nitrogen and oxygen atoms in total. The number of rotatable bonds is 3. The van der Waals surface area contributed by atoms with Crippen LogP contribution in [0.25, 0.3) is 0 Å². The molecule has 2 rings (SSSR count). The molecule has 0 radical (unpaired) electrons. The molecule has 0 fully saturated rings. The molecule has 0 saturated heterocycles. The van der Waals surface area contributed by atoms with Crippen LogP contribution < -0.4 is 5.73 Å². The molecule has 0 aliphatic heterocycles. The number of nitrogens with two attached hydrogens (primary N) is 1. The summed E-state index contributed by atoms with van der Waals surface area (Å²) in [6.07, 6.45) is 0. The first-order valence-electron chi connectivity index (χ1n) is 6.01. The Morgan fingerprint density at radius 3 is 2.17 bits per heavy atom. The second-order valence-corrected chi connectivity index (χ2v) is 4.59. The van der Waals surface area contributed by atoms with Crippen molar-refractivity contribution < 1.29 is 4.79 Å². The topological polar surface area (TPSA) is 43.1 Å². The van der Waals surface area contributed by atoms with E-state index in [4.69, 9.17) is 5.73 Å². The van der Waals surface area contributed by atoms with Gasteiger partial charge in [-0.25, -0.2) is 0 Å². The Bertz CT molecular complexity index is 561. The Morgan fingerprint density at radius 1 is 0.944 bits per heavy atom. The molecule has 18 heavy (non-hydrogen) atoms. The van der Waals surface area contributed by atoms with Crippen LogP contribution in [0.1, 0.15) is 28.2 Å². The molecule has 2 N–H and O–H groups in total. The van der Waals surface area contributed by atoms with E-state index in [1.54, 1.807) is 0 Å². The number of hydrogen-bond donors (Lipinski definition) is 1. The zero-order valence-corrected chi connectivity index (χ0v) is 10.7. The Hall–Kier alpha value is -2.09. The summed E-state index contributed by atoms with van der Waals surface area (Å²) in [5, 5.41) is 0. The Balaban J connectivity index is 2.49. The van der Waals surface area contributed by atoms with Crippen LogP contribution in [0.3, 0.4) is 0 Å². The lowest BCUT2D eigenvalue weighted by molar-refractivity contribution is -0.118. The van der Waals surface area contributed by atoms with Gasteiger partial charge < -0.3 is 5.73 Å². The van der Waals surface area contributed by atoms with Crippen LogP contribution in [0, 0.1) is 13.8 Å². The molecule has 2 aromatic carbocycles. The summed E-state index contributed by atoms with van der Waals surface area (Å²) in [6.45, 7) is 4.10. The zero-order chi connectivity index (χ0) is 13.1. The van der Waals surface area contributed by atoms with Gasteiger partial charge in [0.15, 0.2) is 0 Å². The smallest absolute Gasteiger partial charge is 0.229 e. The Morgan fingerprint density at radius 2 is 1.61 bits per heavy atom. The molecule has 0 bridgehead atoms. The predicted molar refractivity (Wildman–Crippen MR) is 73.4 cm³/mol. The van der Waals surface area contributed by atoms with Crippen molar-refractivity contribution in [2.75, 3.05) is 0 Å². The van der Waals surface area contributed by atoms with Crippen molar-refractivity contribution in [2.24, 2.45) is 5.73 Å². The fourth-order valence-corrected chi connectivity index (χ4v) is 2.11. The van der Waals surface area contributed by atoms with Gasteiger partial charge in [-0.05, 0) is 36.1 Å². The minimum absolute atomic E-state index is 0.315. The molecule has 2 aromatic rings. The SMILES string of the molecule is Cc1ccc(C(C(N)=O)c2ccccc2)cc1C. The maximum atomic E-state index is 11.7. The maximum Gasteiger partial charge on any atom is 0.229 e. The average Bonchev–Trinajstić information content (AvgIpc) is 2.35. The fourth-order valence-electron chi connectivity index (χ4n) is 2.11. The number of amides is 1. The molecule has 1 unspecified atom stereocenters. The first-order valence-corrected chi connectivity index (χ1v) is 6.01. The van der Waals surface area contributed by atoms with Crippen LogP contribution in [-0.4, -0.2) is 5.91 Å². The second kappa shape index (κ2) is 5.05. The van der Waals surface area contributed by atoms with E-state index in [2.05, 4.69) is 6.92 Å². The van der Waals surface area contributed by atoms with Crippen LogP contribution in [0.15, 0.2) is 48.5 Å². The monoisotopic (exact) mass is 239 g/mol. The van der Waals surface area contributed by atoms with Crippen LogP contribution in [-0.2, 0) is 4.79 Å². The van der Waals surface area contributed by atoms with E-state index < -0.39 is 0 Å². The summed E-state index contributed by atoms with van der Waals surface area (Å²) >= 11 is 0. The number of carbonyl (C=O) groups excluding carboxylic acids is 1. The molecule has 0 aliphatic rings. The largest absolute Gasteiger partial charge is 0.369 e. The highest BCUT2D eigenvalue weighted by Gasteiger charge is 2.20. The summed E-state index contributed by atoms with van der Waals surface area (Å²) in [6, 6.07) is 15.7. The quantitative estimate of drug-likeness (QED) is 0.879. The van der Waals surface area contributed by atoms with Crippen molar-refractivity contribution in [3.05, 3.63) is 70.8 Å². The number of benzene rings is 2. The summed E-state index contributed by atoms with van der Waals surface area (Å²) in [5.74, 6) is -0.685. The molecule has 0 heterocycles. The summed E-state index contributed by atoms with van der Waals surface area (Å²) < 4.78 is 0. The number of primary amides is 1. The van der Waals surface area contributed by atoms with Crippen LogP contribution in [0.4, 0.5) is 0 Å². The van der Waals surface area contributed by atoms with Crippen molar-refractivity contribution in [2.45, 2.75) is 19.8 Å². The molecular weight excluding hydrogens is 222 g/mol. The maximum absolute atomic E-state index is 11.7. The third-order valence-corrected chi connectivity index (χ3v) is 3.28. The van der Waals surface area contributed by atoms with Gasteiger partial charge in [-0.2, -0.15) is 0 Å². The highest BCUT2D eigenvalue weighted by molar-refractivity contribution is 5.85. The van der Waals surface area contributed by atoms with Crippen molar-refractivity contribution in [3.8, 4) is 0 Å². The average molecular weight is 239 g/mol. The predicted octanol–water partition coefficient (Wildman–Crippen LogP) is 2.92. The first kappa shape index (κ1) is 12.4. The van der Waals surface area contributed by atoms with Gasteiger partial charge in [0.2, 0.25) is 5.91 Å². The van der Waals surface area contributed by atoms with Crippen molar-refractivity contribution in [1.29, 1.82) is 0 Å². The standard InChI is InChI=1S/C16H17NO/c1-11-8-9-14(10-12(11)2)15(16(17)18)13-6-4-3-5-7-13/h3-10,15H,1-2H3,(H2,17,18). The van der Waals surface area contributed by atoms with Gasteiger partial charge in [0, 0.05) is 0 Å². The fraction of sp³-hybridized carbons (Fsp3) is 0.188. The van der Waals surface area contributed by atoms with Gasteiger partial charge in [0.05, 0.1) is 5.92 Å². The minimum Gasteiger partial charge on any atom is -0.369 e. The van der Waals surface area contributed by atoms with Crippen molar-refractivity contribution in [1.82, 2.24) is 0 Å². The molecule has 0 saturated carbocycles. The van der Waals surface area contributed by atoms with Gasteiger partial charge in [0.25, 0.3) is 0 Å². The molecule has 2 heteroatoms. The molecule has 92 valence electrons. The summed E-state index contributed by atoms with van der Waals surface area (Å²) in [4.78, 5) is 11.7. The second-order valence-electron chi connectivity index (χ2n) is 4.59. The Kier molecular flexibility index (Phi) is 3.47. The molecule has 0 aromatic heterocycles. The van der Waals surface area contributed by atoms with Gasteiger partial charge in [-0.15, -0.1) is 0 Å². The molecule has 0 spiro atoms. The molecular formula is C16H17NO. The summed E-state index contributed by atoms with van der Waals surface area (Å²) in [5.41, 5.74) is 9.84. The van der Waals surface area contributed by atoms with E-state index in [1.807, 2.05) is 55.5 Å². The number of hydrogen-bond acceptors (Lipinski definition) is 1. The molecule has 1 atom stereocenters. The van der Waals surface area contributed by atoms with Gasteiger partial charge >= 0.3 is 0 Å². The van der Waals surface area contributed by atoms with E-state index in [0.717, 1.165) is 11.1 Å². The van der Waals surface area contributed by atoms with E-state index in [0.29, 0.717) is 0 Å². The van der Waals surface area contributed by atoms with Crippen LogP contribution >= 0.6 is 0 Å². The van der Waals surface area contributed by atoms with Gasteiger partial charge in [0.1, 0.15) is 0 Å². The third kappa shape index (κ3) is 2.43. The van der Waals surface area contributed by atoms with Crippen molar-refractivity contribution >= 4 is 5.91 Å². The summed E-state index contributed by atoms with van der Waals surface area (Å²) in [7, 11) is 0. The lowest BCUT2D eigenvalue weighted by Gasteiger charge is -2.15. The molecule has 1 amide bonds. The number of aryl methyl sites for hydroxylation is 2.